The second-order valence-corrected chi connectivity index (χ2v) is 8.22. The number of fused-ring (bicyclic) bond motifs is 2. The molecule has 2 aliphatic heterocycles. The Kier molecular flexibility index (Phi) is 5.18. The third-order valence-electron chi connectivity index (χ3n) is 5.93. The van der Waals surface area contributed by atoms with Crippen molar-refractivity contribution in [3.8, 4) is 0 Å². The van der Waals surface area contributed by atoms with Crippen LogP contribution in [-0.4, -0.2) is 40.8 Å². The van der Waals surface area contributed by atoms with E-state index in [2.05, 4.69) is 4.98 Å². The fourth-order valence-electron chi connectivity index (χ4n) is 4.34. The first-order chi connectivity index (χ1) is 16.0. The quantitative estimate of drug-likeness (QED) is 0.354. The number of aromatic amines is 1. The highest BCUT2D eigenvalue weighted by atomic mass is 16.7. The molecule has 166 valence electrons. The Labute approximate surface area is 191 Å². The van der Waals surface area contributed by atoms with E-state index in [-0.39, 0.29) is 30.9 Å². The number of aryl methyl sites for hydroxylation is 2. The lowest BCUT2D eigenvalue weighted by atomic mass is 10.1. The van der Waals surface area contributed by atoms with Crippen LogP contribution in [-0.2, 0) is 9.63 Å². The van der Waals surface area contributed by atoms with Gasteiger partial charge in [0.1, 0.15) is 0 Å². The lowest BCUT2D eigenvalue weighted by Crippen LogP contribution is -2.33. The van der Waals surface area contributed by atoms with E-state index in [9.17, 15) is 14.4 Å². The minimum Gasteiger partial charge on any atom is -0.359 e. The Hall–Kier alpha value is -3.97. The molecule has 3 amide bonds. The van der Waals surface area contributed by atoms with Crippen LogP contribution in [0.3, 0.4) is 0 Å². The summed E-state index contributed by atoms with van der Waals surface area (Å²) in [7, 11) is 0. The van der Waals surface area contributed by atoms with E-state index in [0.29, 0.717) is 28.8 Å². The van der Waals surface area contributed by atoms with Gasteiger partial charge in [0, 0.05) is 23.5 Å². The number of imide groups is 1. The number of para-hydroxylation sites is 1. The Morgan fingerprint density at radius 1 is 0.879 bits per heavy atom. The van der Waals surface area contributed by atoms with Crippen molar-refractivity contribution in [3.63, 3.8) is 0 Å². The summed E-state index contributed by atoms with van der Waals surface area (Å²) in [6, 6.07) is 16.3. The third kappa shape index (κ3) is 3.56. The van der Waals surface area contributed by atoms with E-state index in [4.69, 9.17) is 4.84 Å². The number of nitrogens with one attached hydrogen (secondary N) is 1. The Bertz CT molecular complexity index is 1290. The van der Waals surface area contributed by atoms with E-state index in [0.717, 1.165) is 22.5 Å². The van der Waals surface area contributed by atoms with Gasteiger partial charge in [0.15, 0.2) is 0 Å². The number of hydroxylamine groups is 1. The molecule has 0 atom stereocenters. The van der Waals surface area contributed by atoms with Crippen molar-refractivity contribution >= 4 is 35.1 Å². The molecular weight excluding hydrogens is 418 g/mol. The molecule has 0 aliphatic carbocycles. The number of hydrogen-bond acceptors (Lipinski definition) is 4. The maximum Gasteiger partial charge on any atom is 0.282 e. The summed E-state index contributed by atoms with van der Waals surface area (Å²) in [5.74, 6) is -0.830. The average molecular weight is 441 g/mol. The van der Waals surface area contributed by atoms with Gasteiger partial charge >= 0.3 is 0 Å². The number of nitrogens with zero attached hydrogens (tertiary/aromatic N) is 2. The van der Waals surface area contributed by atoms with E-state index in [1.165, 1.54) is 9.96 Å². The van der Waals surface area contributed by atoms with E-state index >= 15 is 0 Å². The maximum absolute atomic E-state index is 13.2. The number of aromatic nitrogens is 1. The molecule has 5 rings (SSSR count). The van der Waals surface area contributed by atoms with E-state index < -0.39 is 0 Å². The van der Waals surface area contributed by atoms with Crippen molar-refractivity contribution in [2.45, 2.75) is 20.3 Å². The Balaban J connectivity index is 1.28. The molecular formula is C26H23N3O4. The SMILES string of the molecule is Cc1cc(C)c(/C=C2\C(=O)N(OCCCN3C(=O)c4ccccc4C3=O)c3ccccc32)[nH]1. The summed E-state index contributed by atoms with van der Waals surface area (Å²) < 4.78 is 0. The molecule has 0 saturated carbocycles. The average Bonchev–Trinajstić information content (AvgIpc) is 3.37. The van der Waals surface area contributed by atoms with Crippen LogP contribution < -0.4 is 5.06 Å². The zero-order chi connectivity index (χ0) is 23.1. The van der Waals surface area contributed by atoms with Gasteiger partial charge in [-0.3, -0.25) is 24.1 Å². The fourth-order valence-corrected chi connectivity index (χ4v) is 4.34. The molecule has 3 aromatic rings. The predicted molar refractivity (Wildman–Crippen MR) is 124 cm³/mol. The molecule has 7 nitrogen and oxygen atoms in total. The van der Waals surface area contributed by atoms with Gasteiger partial charge in [-0.15, -0.1) is 0 Å². The van der Waals surface area contributed by atoms with Gasteiger partial charge in [0.25, 0.3) is 17.7 Å². The molecule has 0 bridgehead atoms. The van der Waals surface area contributed by atoms with Crippen molar-refractivity contribution in [3.05, 3.63) is 88.2 Å². The standard InChI is InChI=1S/C26H23N3O4/c1-16-14-17(2)27-22(16)15-21-18-8-5-6-11-23(18)29(26(21)32)33-13-7-12-28-24(30)19-9-3-4-10-20(19)25(28)31/h3-6,8-11,14-15,27H,7,12-13H2,1-2H3/b21-15-. The van der Waals surface area contributed by atoms with Crippen LogP contribution in [0.25, 0.3) is 11.6 Å². The molecule has 0 radical (unpaired) electrons. The number of anilines is 1. The van der Waals surface area contributed by atoms with Crippen LogP contribution in [0.4, 0.5) is 5.69 Å². The van der Waals surface area contributed by atoms with Gasteiger partial charge in [-0.1, -0.05) is 30.3 Å². The monoisotopic (exact) mass is 441 g/mol. The summed E-state index contributed by atoms with van der Waals surface area (Å²) in [4.78, 5) is 48.6. The molecule has 7 heteroatoms. The van der Waals surface area contributed by atoms with Crippen LogP contribution in [0.5, 0.6) is 0 Å². The highest BCUT2D eigenvalue weighted by Crippen LogP contribution is 2.38. The molecule has 3 heterocycles. The molecule has 1 aromatic heterocycles. The molecule has 1 N–H and O–H groups in total. The first-order valence-electron chi connectivity index (χ1n) is 10.9. The third-order valence-corrected chi connectivity index (χ3v) is 5.93. The summed E-state index contributed by atoms with van der Waals surface area (Å²) in [5.41, 5.74) is 5.86. The molecule has 0 spiro atoms. The van der Waals surface area contributed by atoms with Gasteiger partial charge < -0.3 is 4.98 Å². The lowest BCUT2D eigenvalue weighted by molar-refractivity contribution is -0.119. The highest BCUT2D eigenvalue weighted by Gasteiger charge is 2.36. The molecule has 2 aromatic carbocycles. The molecule has 0 unspecified atom stereocenters. The smallest absolute Gasteiger partial charge is 0.282 e. The van der Waals surface area contributed by atoms with Crippen molar-refractivity contribution in [2.24, 2.45) is 0 Å². The molecule has 33 heavy (non-hydrogen) atoms. The second-order valence-electron chi connectivity index (χ2n) is 8.22. The number of carbonyl (C=O) groups excluding carboxylic acids is 3. The molecule has 2 aliphatic rings. The lowest BCUT2D eigenvalue weighted by Gasteiger charge is -2.18. The van der Waals surface area contributed by atoms with Crippen molar-refractivity contribution in [1.29, 1.82) is 0 Å². The summed E-state index contributed by atoms with van der Waals surface area (Å²) >= 11 is 0. The van der Waals surface area contributed by atoms with E-state index in [1.807, 2.05) is 50.3 Å². The van der Waals surface area contributed by atoms with Crippen LogP contribution in [0, 0.1) is 13.8 Å². The fraction of sp³-hybridized carbons (Fsp3) is 0.192. The first kappa shape index (κ1) is 20.9. The van der Waals surface area contributed by atoms with Crippen molar-refractivity contribution < 1.29 is 19.2 Å². The van der Waals surface area contributed by atoms with Gasteiger partial charge in [0.2, 0.25) is 0 Å². The van der Waals surface area contributed by atoms with Crippen LogP contribution >= 0.6 is 0 Å². The number of rotatable bonds is 6. The second kappa shape index (κ2) is 8.18. The van der Waals surface area contributed by atoms with Gasteiger partial charge in [0.05, 0.1) is 29.0 Å². The van der Waals surface area contributed by atoms with E-state index in [1.54, 1.807) is 24.3 Å². The normalized spacial score (nSPS) is 16.2. The predicted octanol–water partition coefficient (Wildman–Crippen LogP) is 4.14. The zero-order valence-electron chi connectivity index (χ0n) is 18.4. The Morgan fingerprint density at radius 2 is 1.52 bits per heavy atom. The van der Waals surface area contributed by atoms with Gasteiger partial charge in [-0.05, 0) is 56.2 Å². The maximum atomic E-state index is 13.2. The number of hydrogen-bond donors (Lipinski definition) is 1. The molecule has 0 fully saturated rings. The molecule has 0 saturated heterocycles. The van der Waals surface area contributed by atoms with Crippen molar-refractivity contribution in [1.82, 2.24) is 9.88 Å². The summed E-state index contributed by atoms with van der Waals surface area (Å²) in [6.07, 6.45) is 2.26. The van der Waals surface area contributed by atoms with Crippen LogP contribution in [0.15, 0.2) is 54.6 Å². The van der Waals surface area contributed by atoms with Gasteiger partial charge in [-0.25, -0.2) is 0 Å². The summed E-state index contributed by atoms with van der Waals surface area (Å²) in [6.45, 7) is 4.37. The Morgan fingerprint density at radius 3 is 2.15 bits per heavy atom. The van der Waals surface area contributed by atoms with Crippen LogP contribution in [0.2, 0.25) is 0 Å². The first-order valence-corrected chi connectivity index (χ1v) is 10.9. The number of benzene rings is 2. The minimum atomic E-state index is -0.292. The van der Waals surface area contributed by atoms with Gasteiger partial charge in [-0.2, -0.15) is 5.06 Å². The highest BCUT2D eigenvalue weighted by molar-refractivity contribution is 6.35. The zero-order valence-corrected chi connectivity index (χ0v) is 18.4. The number of carbonyl (C=O) groups is 3. The number of amides is 3. The van der Waals surface area contributed by atoms with Crippen molar-refractivity contribution in [2.75, 3.05) is 18.2 Å². The topological polar surface area (TPSA) is 82.7 Å². The number of H-pyrrole nitrogens is 1. The summed E-state index contributed by atoms with van der Waals surface area (Å²) in [5, 5.41) is 1.30. The van der Waals surface area contributed by atoms with Crippen LogP contribution in [0.1, 0.15) is 49.7 Å². The minimum absolute atomic E-state index is 0.182. The largest absolute Gasteiger partial charge is 0.359 e.